The summed E-state index contributed by atoms with van der Waals surface area (Å²) in [4.78, 5) is 0. The van der Waals surface area contributed by atoms with Crippen molar-refractivity contribution in [1.29, 1.82) is 0 Å². The molecule has 0 heterocycles. The van der Waals surface area contributed by atoms with Gasteiger partial charge in [-0.15, -0.1) is 0 Å². The van der Waals surface area contributed by atoms with Gasteiger partial charge in [0.05, 0.1) is 6.61 Å². The topological polar surface area (TPSA) is 21.3 Å². The molecule has 0 fully saturated rings. The van der Waals surface area contributed by atoms with Gasteiger partial charge >= 0.3 is 0 Å². The van der Waals surface area contributed by atoms with E-state index in [9.17, 15) is 0 Å². The second-order valence-electron chi connectivity index (χ2n) is 4.38. The lowest BCUT2D eigenvalue weighted by molar-refractivity contribution is 0.147. The zero-order valence-electron chi connectivity index (χ0n) is 10.3. The van der Waals surface area contributed by atoms with E-state index in [4.69, 9.17) is 4.74 Å². The van der Waals surface area contributed by atoms with Crippen molar-refractivity contribution in [3.05, 3.63) is 0 Å². The summed E-state index contributed by atoms with van der Waals surface area (Å²) >= 11 is 0. The fourth-order valence-electron chi connectivity index (χ4n) is 1.46. The minimum Gasteiger partial charge on any atom is -0.380 e. The van der Waals surface area contributed by atoms with Crippen LogP contribution in [0.3, 0.4) is 0 Å². The first-order chi connectivity index (χ1) is 6.66. The zero-order chi connectivity index (χ0) is 10.8. The van der Waals surface area contributed by atoms with Crippen molar-refractivity contribution in [3.8, 4) is 0 Å². The van der Waals surface area contributed by atoms with Crippen LogP contribution >= 0.6 is 0 Å². The van der Waals surface area contributed by atoms with Crippen LogP contribution in [0.2, 0.25) is 0 Å². The first-order valence-electron chi connectivity index (χ1n) is 5.98. The highest BCUT2D eigenvalue weighted by Gasteiger charge is 2.01. The molecule has 0 aliphatic heterocycles. The summed E-state index contributed by atoms with van der Waals surface area (Å²) < 4.78 is 5.26. The number of hydrogen-bond acceptors (Lipinski definition) is 2. The van der Waals surface area contributed by atoms with Crippen molar-refractivity contribution in [3.63, 3.8) is 0 Å². The predicted molar refractivity (Wildman–Crippen MR) is 62.6 cm³/mol. The minimum atomic E-state index is 0.634. The molecule has 0 aliphatic rings. The number of rotatable bonds is 9. The van der Waals surface area contributed by atoms with Crippen LogP contribution in [0.1, 0.15) is 47.0 Å². The third-order valence-electron chi connectivity index (χ3n) is 2.36. The van der Waals surface area contributed by atoms with E-state index in [1.54, 1.807) is 0 Å². The Bertz CT molecular complexity index is 115. The largest absolute Gasteiger partial charge is 0.380 e. The summed E-state index contributed by atoms with van der Waals surface area (Å²) in [5.74, 6) is 0.839. The molecule has 0 aromatic rings. The van der Waals surface area contributed by atoms with Crippen LogP contribution in [-0.2, 0) is 4.74 Å². The van der Waals surface area contributed by atoms with Crippen LogP contribution in [0, 0.1) is 5.92 Å². The normalized spacial score (nSPS) is 13.5. The monoisotopic (exact) mass is 201 g/mol. The quantitative estimate of drug-likeness (QED) is 0.579. The lowest BCUT2D eigenvalue weighted by Crippen LogP contribution is -2.29. The SMILES string of the molecule is CCOCCNC(C)CCCC(C)C. The summed E-state index contributed by atoms with van der Waals surface area (Å²) in [7, 11) is 0. The van der Waals surface area contributed by atoms with Gasteiger partial charge in [-0.1, -0.05) is 26.7 Å². The van der Waals surface area contributed by atoms with Gasteiger partial charge in [-0.2, -0.15) is 0 Å². The first-order valence-corrected chi connectivity index (χ1v) is 5.98. The standard InChI is InChI=1S/C12H27NO/c1-5-14-10-9-13-12(4)8-6-7-11(2)3/h11-13H,5-10H2,1-4H3. The molecule has 0 saturated heterocycles. The average molecular weight is 201 g/mol. The smallest absolute Gasteiger partial charge is 0.0590 e. The van der Waals surface area contributed by atoms with E-state index >= 15 is 0 Å². The molecular weight excluding hydrogens is 174 g/mol. The molecule has 2 heteroatoms. The van der Waals surface area contributed by atoms with E-state index in [1.807, 2.05) is 6.92 Å². The van der Waals surface area contributed by atoms with Crippen LogP contribution in [0.4, 0.5) is 0 Å². The maximum absolute atomic E-state index is 5.26. The van der Waals surface area contributed by atoms with Crippen LogP contribution in [-0.4, -0.2) is 25.8 Å². The summed E-state index contributed by atoms with van der Waals surface area (Å²) in [5.41, 5.74) is 0. The van der Waals surface area contributed by atoms with Gasteiger partial charge in [0.15, 0.2) is 0 Å². The Labute approximate surface area is 89.4 Å². The van der Waals surface area contributed by atoms with Crippen molar-refractivity contribution >= 4 is 0 Å². The number of ether oxygens (including phenoxy) is 1. The third kappa shape index (κ3) is 10.0. The molecule has 0 radical (unpaired) electrons. The molecule has 0 aromatic heterocycles. The van der Waals surface area contributed by atoms with Crippen LogP contribution in [0.5, 0.6) is 0 Å². The molecule has 2 nitrogen and oxygen atoms in total. The summed E-state index contributed by atoms with van der Waals surface area (Å²) in [6, 6.07) is 0.634. The van der Waals surface area contributed by atoms with E-state index in [-0.39, 0.29) is 0 Å². The molecule has 1 unspecified atom stereocenters. The summed E-state index contributed by atoms with van der Waals surface area (Å²) in [5, 5.41) is 3.47. The number of hydrogen-bond donors (Lipinski definition) is 1. The van der Waals surface area contributed by atoms with Gasteiger partial charge in [0.2, 0.25) is 0 Å². The van der Waals surface area contributed by atoms with Gasteiger partial charge < -0.3 is 10.1 Å². The maximum atomic E-state index is 5.26. The van der Waals surface area contributed by atoms with Crippen LogP contribution < -0.4 is 5.32 Å². The molecule has 0 spiro atoms. The Morgan fingerprint density at radius 3 is 2.43 bits per heavy atom. The van der Waals surface area contributed by atoms with Gasteiger partial charge in [-0.05, 0) is 26.2 Å². The minimum absolute atomic E-state index is 0.634. The van der Waals surface area contributed by atoms with Crippen molar-refractivity contribution in [2.45, 2.75) is 53.0 Å². The molecule has 86 valence electrons. The van der Waals surface area contributed by atoms with Gasteiger partial charge in [-0.25, -0.2) is 0 Å². The number of nitrogens with one attached hydrogen (secondary N) is 1. The van der Waals surface area contributed by atoms with E-state index in [2.05, 4.69) is 26.1 Å². The van der Waals surface area contributed by atoms with Gasteiger partial charge in [0.1, 0.15) is 0 Å². The predicted octanol–water partition coefficient (Wildman–Crippen LogP) is 2.83. The second-order valence-corrected chi connectivity index (χ2v) is 4.38. The molecule has 0 bridgehead atoms. The molecular formula is C12H27NO. The maximum Gasteiger partial charge on any atom is 0.0590 e. The molecule has 0 amide bonds. The highest BCUT2D eigenvalue weighted by atomic mass is 16.5. The molecule has 1 atom stereocenters. The zero-order valence-corrected chi connectivity index (χ0v) is 10.3. The lowest BCUT2D eigenvalue weighted by Gasteiger charge is -2.14. The van der Waals surface area contributed by atoms with E-state index in [1.165, 1.54) is 19.3 Å². The van der Waals surface area contributed by atoms with Crippen LogP contribution in [0.25, 0.3) is 0 Å². The highest BCUT2D eigenvalue weighted by molar-refractivity contribution is 4.60. The third-order valence-corrected chi connectivity index (χ3v) is 2.36. The van der Waals surface area contributed by atoms with Gasteiger partial charge in [-0.3, -0.25) is 0 Å². The Morgan fingerprint density at radius 1 is 1.14 bits per heavy atom. The molecule has 0 aliphatic carbocycles. The Morgan fingerprint density at radius 2 is 1.86 bits per heavy atom. The Balaban J connectivity index is 3.15. The first kappa shape index (κ1) is 13.9. The summed E-state index contributed by atoms with van der Waals surface area (Å²) in [6.45, 7) is 11.5. The molecule has 0 rings (SSSR count). The fraction of sp³-hybridized carbons (Fsp3) is 1.00. The van der Waals surface area contributed by atoms with Crippen molar-refractivity contribution < 1.29 is 4.74 Å². The highest BCUT2D eigenvalue weighted by Crippen LogP contribution is 2.07. The molecule has 1 N–H and O–H groups in total. The molecule has 0 aromatic carbocycles. The Kier molecular flexibility index (Phi) is 9.42. The fourth-order valence-corrected chi connectivity index (χ4v) is 1.46. The average Bonchev–Trinajstić information content (AvgIpc) is 2.12. The molecule has 0 saturated carbocycles. The van der Waals surface area contributed by atoms with Crippen LogP contribution in [0.15, 0.2) is 0 Å². The van der Waals surface area contributed by atoms with Gasteiger partial charge in [0, 0.05) is 19.2 Å². The van der Waals surface area contributed by atoms with Crippen molar-refractivity contribution in [2.24, 2.45) is 5.92 Å². The Hall–Kier alpha value is -0.0800. The van der Waals surface area contributed by atoms with E-state index in [0.29, 0.717) is 6.04 Å². The van der Waals surface area contributed by atoms with E-state index < -0.39 is 0 Å². The lowest BCUT2D eigenvalue weighted by atomic mass is 10.0. The van der Waals surface area contributed by atoms with Crippen molar-refractivity contribution in [1.82, 2.24) is 5.32 Å². The van der Waals surface area contributed by atoms with E-state index in [0.717, 1.165) is 25.7 Å². The summed E-state index contributed by atoms with van der Waals surface area (Å²) in [6.07, 6.45) is 3.96. The molecule has 14 heavy (non-hydrogen) atoms. The van der Waals surface area contributed by atoms with Crippen molar-refractivity contribution in [2.75, 3.05) is 19.8 Å². The van der Waals surface area contributed by atoms with Gasteiger partial charge in [0.25, 0.3) is 0 Å². The second kappa shape index (κ2) is 9.47.